The van der Waals surface area contributed by atoms with Crippen LogP contribution in [-0.2, 0) is 14.8 Å². The van der Waals surface area contributed by atoms with E-state index in [1.807, 2.05) is 0 Å². The molecule has 1 aromatic rings. The third-order valence-electron chi connectivity index (χ3n) is 2.13. The Balaban J connectivity index is 3.30. The summed E-state index contributed by atoms with van der Waals surface area (Å²) in [4.78, 5) is 10.8. The van der Waals surface area contributed by atoms with Gasteiger partial charge in [0.1, 0.15) is 11.9 Å². The zero-order valence-electron chi connectivity index (χ0n) is 9.29. The van der Waals surface area contributed by atoms with Crippen LogP contribution in [0.25, 0.3) is 0 Å². The number of rotatable bonds is 4. The van der Waals surface area contributed by atoms with E-state index >= 15 is 0 Å². The number of hydrogen-bond donors (Lipinski definition) is 1. The second-order valence-corrected chi connectivity index (χ2v) is 5.41. The second-order valence-electron chi connectivity index (χ2n) is 3.55. The monoisotopic (exact) mass is 261 g/mol. The maximum atomic E-state index is 13.0. The normalized spacial score (nSPS) is 13.1. The molecule has 0 spiro atoms. The molecule has 0 aliphatic carbocycles. The summed E-state index contributed by atoms with van der Waals surface area (Å²) in [5, 5.41) is 8.85. The van der Waals surface area contributed by atoms with Crippen LogP contribution in [0.3, 0.4) is 0 Å². The largest absolute Gasteiger partial charge is 0.480 e. The molecule has 7 heteroatoms. The molecular weight excluding hydrogens is 249 g/mol. The number of anilines is 1. The van der Waals surface area contributed by atoms with Crippen molar-refractivity contribution in [1.82, 2.24) is 0 Å². The number of carboxylic acids is 1. The molecule has 0 saturated carbocycles. The fourth-order valence-corrected chi connectivity index (χ4v) is 2.58. The Labute approximate surface area is 98.5 Å². The molecule has 0 heterocycles. The minimum atomic E-state index is -3.79. The molecule has 0 amide bonds. The Bertz CT molecular complexity index is 529. The highest BCUT2D eigenvalue weighted by molar-refractivity contribution is 7.92. The maximum absolute atomic E-state index is 13.0. The second kappa shape index (κ2) is 4.70. The average molecular weight is 261 g/mol. The van der Waals surface area contributed by atoms with E-state index in [0.29, 0.717) is 4.31 Å². The van der Waals surface area contributed by atoms with Gasteiger partial charge in [0.05, 0.1) is 11.9 Å². The Morgan fingerprint density at radius 2 is 2.06 bits per heavy atom. The van der Waals surface area contributed by atoms with Crippen molar-refractivity contribution in [3.05, 3.63) is 30.1 Å². The summed E-state index contributed by atoms with van der Waals surface area (Å²) in [7, 11) is -3.79. The standard InChI is InChI=1S/C10H12FNO4S/c1-7(10(13)14)12(17(2,15)16)9-5-3-4-8(11)6-9/h3-7H,1-2H3,(H,13,14)/t7-/m0/s1. The fraction of sp³-hybridized carbons (Fsp3) is 0.300. The number of nitrogens with zero attached hydrogens (tertiary/aromatic N) is 1. The van der Waals surface area contributed by atoms with E-state index in [9.17, 15) is 17.6 Å². The van der Waals surface area contributed by atoms with Crippen LogP contribution in [-0.4, -0.2) is 31.8 Å². The van der Waals surface area contributed by atoms with Crippen molar-refractivity contribution in [2.24, 2.45) is 0 Å². The van der Waals surface area contributed by atoms with Gasteiger partial charge in [-0.05, 0) is 25.1 Å². The number of carbonyl (C=O) groups is 1. The Hall–Kier alpha value is -1.63. The lowest BCUT2D eigenvalue weighted by Gasteiger charge is -2.26. The van der Waals surface area contributed by atoms with Crippen molar-refractivity contribution in [1.29, 1.82) is 0 Å². The summed E-state index contributed by atoms with van der Waals surface area (Å²) in [6, 6.07) is 3.48. The van der Waals surface area contributed by atoms with Crippen molar-refractivity contribution in [3.63, 3.8) is 0 Å². The minimum Gasteiger partial charge on any atom is -0.480 e. The summed E-state index contributed by atoms with van der Waals surface area (Å²) in [6.45, 7) is 1.22. The molecule has 0 aliphatic rings. The number of aliphatic carboxylic acids is 1. The lowest BCUT2D eigenvalue weighted by molar-refractivity contribution is -0.137. The molecule has 1 N–H and O–H groups in total. The average Bonchev–Trinajstić information content (AvgIpc) is 2.15. The first-order chi connectivity index (χ1) is 7.73. The molecule has 0 bridgehead atoms. The van der Waals surface area contributed by atoms with Gasteiger partial charge in [0.25, 0.3) is 0 Å². The van der Waals surface area contributed by atoms with Gasteiger partial charge in [-0.25, -0.2) is 17.6 Å². The van der Waals surface area contributed by atoms with E-state index in [-0.39, 0.29) is 5.69 Å². The molecule has 17 heavy (non-hydrogen) atoms. The van der Waals surface area contributed by atoms with Gasteiger partial charge in [-0.15, -0.1) is 0 Å². The number of benzene rings is 1. The number of carboxylic acid groups (broad SMARTS) is 1. The van der Waals surface area contributed by atoms with Crippen LogP contribution < -0.4 is 4.31 Å². The van der Waals surface area contributed by atoms with Crippen LogP contribution in [0.2, 0.25) is 0 Å². The number of hydrogen-bond acceptors (Lipinski definition) is 3. The molecule has 1 aromatic carbocycles. The van der Waals surface area contributed by atoms with E-state index in [4.69, 9.17) is 5.11 Å². The molecule has 0 aromatic heterocycles. The predicted molar refractivity (Wildman–Crippen MR) is 60.8 cm³/mol. The third kappa shape index (κ3) is 3.16. The van der Waals surface area contributed by atoms with Gasteiger partial charge in [-0.2, -0.15) is 0 Å². The smallest absolute Gasteiger partial charge is 0.327 e. The Kier molecular flexibility index (Phi) is 3.72. The molecule has 1 rings (SSSR count). The van der Waals surface area contributed by atoms with Gasteiger partial charge < -0.3 is 5.11 Å². The molecule has 5 nitrogen and oxygen atoms in total. The van der Waals surface area contributed by atoms with E-state index in [2.05, 4.69) is 0 Å². The molecule has 0 unspecified atom stereocenters. The molecule has 0 fully saturated rings. The van der Waals surface area contributed by atoms with Gasteiger partial charge in [0.2, 0.25) is 10.0 Å². The maximum Gasteiger partial charge on any atom is 0.327 e. The van der Waals surface area contributed by atoms with Crippen LogP contribution >= 0.6 is 0 Å². The Morgan fingerprint density at radius 1 is 1.47 bits per heavy atom. The first-order valence-electron chi connectivity index (χ1n) is 4.71. The van der Waals surface area contributed by atoms with Crippen LogP contribution in [0.4, 0.5) is 10.1 Å². The molecular formula is C10H12FNO4S. The quantitative estimate of drug-likeness (QED) is 0.879. The van der Waals surface area contributed by atoms with Crippen molar-refractivity contribution < 1.29 is 22.7 Å². The van der Waals surface area contributed by atoms with Crippen molar-refractivity contribution in [2.75, 3.05) is 10.6 Å². The lowest BCUT2D eigenvalue weighted by atomic mass is 10.2. The van der Waals surface area contributed by atoms with E-state index in [1.54, 1.807) is 0 Å². The highest BCUT2D eigenvalue weighted by Gasteiger charge is 2.28. The molecule has 0 saturated heterocycles. The van der Waals surface area contributed by atoms with Crippen LogP contribution in [0.15, 0.2) is 24.3 Å². The van der Waals surface area contributed by atoms with Crippen molar-refractivity contribution in [2.45, 2.75) is 13.0 Å². The highest BCUT2D eigenvalue weighted by atomic mass is 32.2. The van der Waals surface area contributed by atoms with Gasteiger partial charge in [0, 0.05) is 0 Å². The predicted octanol–water partition coefficient (Wildman–Crippen LogP) is 1.06. The number of halogens is 1. The molecule has 1 atom stereocenters. The minimum absolute atomic E-state index is 0.0117. The summed E-state index contributed by atoms with van der Waals surface area (Å²) in [5.41, 5.74) is -0.0117. The zero-order chi connectivity index (χ0) is 13.2. The van der Waals surface area contributed by atoms with Crippen molar-refractivity contribution in [3.8, 4) is 0 Å². The zero-order valence-corrected chi connectivity index (χ0v) is 10.1. The van der Waals surface area contributed by atoms with Gasteiger partial charge in [0.15, 0.2) is 0 Å². The molecule has 0 aliphatic heterocycles. The van der Waals surface area contributed by atoms with Crippen molar-refractivity contribution >= 4 is 21.7 Å². The van der Waals surface area contributed by atoms with E-state index in [1.165, 1.54) is 19.1 Å². The summed E-state index contributed by atoms with van der Waals surface area (Å²) in [5.74, 6) is -1.94. The van der Waals surface area contributed by atoms with Gasteiger partial charge in [-0.3, -0.25) is 4.31 Å². The summed E-state index contributed by atoms with van der Waals surface area (Å²) >= 11 is 0. The molecule has 94 valence electrons. The molecule has 0 radical (unpaired) electrons. The third-order valence-corrected chi connectivity index (χ3v) is 3.37. The van der Waals surface area contributed by atoms with Crippen LogP contribution in [0.5, 0.6) is 0 Å². The van der Waals surface area contributed by atoms with E-state index in [0.717, 1.165) is 18.4 Å². The SMILES string of the molecule is C[C@@H](C(=O)O)N(c1cccc(F)c1)S(C)(=O)=O. The topological polar surface area (TPSA) is 74.7 Å². The Morgan fingerprint density at radius 3 is 2.47 bits per heavy atom. The first kappa shape index (κ1) is 13.4. The van der Waals surface area contributed by atoms with Crippen LogP contribution in [0, 0.1) is 5.82 Å². The highest BCUT2D eigenvalue weighted by Crippen LogP contribution is 2.21. The first-order valence-corrected chi connectivity index (χ1v) is 6.56. The van der Waals surface area contributed by atoms with Gasteiger partial charge >= 0.3 is 5.97 Å². The fourth-order valence-electron chi connectivity index (χ4n) is 1.42. The van der Waals surface area contributed by atoms with E-state index < -0.39 is 27.9 Å². The van der Waals surface area contributed by atoms with Crippen LogP contribution in [0.1, 0.15) is 6.92 Å². The number of sulfonamides is 1. The lowest BCUT2D eigenvalue weighted by Crippen LogP contribution is -2.42. The van der Waals surface area contributed by atoms with Gasteiger partial charge in [-0.1, -0.05) is 6.07 Å². The summed E-state index contributed by atoms with van der Waals surface area (Å²) in [6.07, 6.45) is 0.872. The summed E-state index contributed by atoms with van der Waals surface area (Å²) < 4.78 is 36.7.